The summed E-state index contributed by atoms with van der Waals surface area (Å²) in [7, 11) is -3.77. The number of rotatable bonds is 6. The van der Waals surface area contributed by atoms with E-state index in [9.17, 15) is 18.0 Å². The number of hydrogen-bond donors (Lipinski definition) is 1. The summed E-state index contributed by atoms with van der Waals surface area (Å²) in [5.41, 5.74) is 0.582. The maximum absolute atomic E-state index is 11.8. The van der Waals surface area contributed by atoms with Gasteiger partial charge in [-0.15, -0.1) is 0 Å². The summed E-state index contributed by atoms with van der Waals surface area (Å²) in [5, 5.41) is 4.95. The lowest BCUT2D eigenvalue weighted by atomic mass is 10.1. The van der Waals surface area contributed by atoms with Crippen LogP contribution in [-0.2, 0) is 19.6 Å². The summed E-state index contributed by atoms with van der Waals surface area (Å²) in [6.45, 7) is 4.87. The molecule has 0 aromatic heterocycles. The van der Waals surface area contributed by atoms with E-state index in [1.54, 1.807) is 0 Å². The van der Waals surface area contributed by atoms with Crippen LogP contribution in [0.2, 0.25) is 0 Å². The van der Waals surface area contributed by atoms with E-state index in [0.29, 0.717) is 5.56 Å². The number of primary sulfonamides is 1. The van der Waals surface area contributed by atoms with Gasteiger partial charge in [0.1, 0.15) is 0 Å². The first-order valence-electron chi connectivity index (χ1n) is 5.70. The molecular formula is C13H15NO5S. The summed E-state index contributed by atoms with van der Waals surface area (Å²) in [6, 6.07) is 5.23. The number of ketones is 1. The highest BCUT2D eigenvalue weighted by Gasteiger charge is 2.11. The molecule has 0 radical (unpaired) electrons. The molecule has 0 saturated carbocycles. The minimum Gasteiger partial charge on any atom is -0.462 e. The van der Waals surface area contributed by atoms with Gasteiger partial charge in [0.15, 0.2) is 5.78 Å². The van der Waals surface area contributed by atoms with Crippen LogP contribution in [0.25, 0.3) is 0 Å². The van der Waals surface area contributed by atoms with Crippen molar-refractivity contribution >= 4 is 21.8 Å². The number of carbonyl (C=O) groups excluding carboxylic acids is 2. The normalized spacial score (nSPS) is 10.9. The number of benzene rings is 1. The Kier molecular flexibility index (Phi) is 5.18. The fourth-order valence-electron chi connectivity index (χ4n) is 1.33. The van der Waals surface area contributed by atoms with E-state index in [4.69, 9.17) is 9.88 Å². The summed E-state index contributed by atoms with van der Waals surface area (Å²) >= 11 is 0. The Bertz CT molecular complexity index is 631. The number of sulfonamides is 1. The SMILES string of the molecule is C=C(C)C(=O)OCCC(=O)c1ccc(S(N)(=O)=O)cc1. The molecule has 0 aliphatic carbocycles. The lowest BCUT2D eigenvalue weighted by Crippen LogP contribution is -2.13. The van der Waals surface area contributed by atoms with Crippen LogP contribution in [0.1, 0.15) is 23.7 Å². The van der Waals surface area contributed by atoms with Gasteiger partial charge in [-0.05, 0) is 19.1 Å². The third-order valence-corrected chi connectivity index (χ3v) is 3.34. The second-order valence-corrected chi connectivity index (χ2v) is 5.72. The second-order valence-electron chi connectivity index (χ2n) is 4.16. The van der Waals surface area contributed by atoms with Crippen molar-refractivity contribution < 1.29 is 22.7 Å². The minimum atomic E-state index is -3.77. The van der Waals surface area contributed by atoms with Crippen molar-refractivity contribution in [3.8, 4) is 0 Å². The van der Waals surface area contributed by atoms with Gasteiger partial charge in [0.2, 0.25) is 10.0 Å². The quantitative estimate of drug-likeness (QED) is 0.480. The number of esters is 1. The molecule has 0 spiro atoms. The van der Waals surface area contributed by atoms with Crippen molar-refractivity contribution in [2.24, 2.45) is 5.14 Å². The first-order chi connectivity index (χ1) is 9.21. The van der Waals surface area contributed by atoms with Crippen molar-refractivity contribution in [2.45, 2.75) is 18.2 Å². The highest BCUT2D eigenvalue weighted by Crippen LogP contribution is 2.10. The van der Waals surface area contributed by atoms with Crippen LogP contribution in [-0.4, -0.2) is 26.8 Å². The molecule has 1 rings (SSSR count). The summed E-state index contributed by atoms with van der Waals surface area (Å²) < 4.78 is 26.9. The lowest BCUT2D eigenvalue weighted by Gasteiger charge is -2.04. The van der Waals surface area contributed by atoms with E-state index in [1.807, 2.05) is 0 Å². The van der Waals surface area contributed by atoms with Gasteiger partial charge in [0.25, 0.3) is 0 Å². The molecule has 0 saturated heterocycles. The fraction of sp³-hybridized carbons (Fsp3) is 0.231. The highest BCUT2D eigenvalue weighted by atomic mass is 32.2. The van der Waals surface area contributed by atoms with Crippen LogP contribution in [0.5, 0.6) is 0 Å². The number of nitrogens with two attached hydrogens (primary N) is 1. The molecule has 0 bridgehead atoms. The van der Waals surface area contributed by atoms with Gasteiger partial charge >= 0.3 is 5.97 Å². The molecule has 0 aliphatic rings. The van der Waals surface area contributed by atoms with Gasteiger partial charge in [-0.25, -0.2) is 18.4 Å². The van der Waals surface area contributed by atoms with Crippen LogP contribution in [0, 0.1) is 0 Å². The Labute approximate surface area is 117 Å². The molecule has 0 amide bonds. The maximum atomic E-state index is 11.8. The molecule has 1 aromatic rings. The Morgan fingerprint density at radius 1 is 1.25 bits per heavy atom. The molecule has 0 heterocycles. The zero-order valence-electron chi connectivity index (χ0n) is 11.0. The van der Waals surface area contributed by atoms with Crippen molar-refractivity contribution in [3.63, 3.8) is 0 Å². The lowest BCUT2D eigenvalue weighted by molar-refractivity contribution is -0.138. The maximum Gasteiger partial charge on any atom is 0.333 e. The predicted molar refractivity (Wildman–Crippen MR) is 72.5 cm³/mol. The minimum absolute atomic E-state index is 0.00768. The monoisotopic (exact) mass is 297 g/mol. The molecule has 7 heteroatoms. The van der Waals surface area contributed by atoms with Gasteiger partial charge in [-0.3, -0.25) is 4.79 Å². The van der Waals surface area contributed by atoms with E-state index in [1.165, 1.54) is 31.2 Å². The molecule has 108 valence electrons. The molecule has 0 atom stereocenters. The van der Waals surface area contributed by atoms with E-state index >= 15 is 0 Å². The van der Waals surface area contributed by atoms with Crippen LogP contribution < -0.4 is 5.14 Å². The number of Topliss-reactive ketones (excluding diaryl/α,β-unsaturated/α-hetero) is 1. The second kappa shape index (κ2) is 6.44. The van der Waals surface area contributed by atoms with Crippen LogP contribution in [0.4, 0.5) is 0 Å². The van der Waals surface area contributed by atoms with Gasteiger partial charge in [0.05, 0.1) is 11.5 Å². The predicted octanol–water partition coefficient (Wildman–Crippen LogP) is 1.03. The average Bonchev–Trinajstić information content (AvgIpc) is 2.37. The van der Waals surface area contributed by atoms with Crippen LogP contribution in [0.15, 0.2) is 41.3 Å². The number of hydrogen-bond acceptors (Lipinski definition) is 5. The van der Waals surface area contributed by atoms with E-state index in [0.717, 1.165) is 0 Å². The molecule has 0 fully saturated rings. The summed E-state index contributed by atoms with van der Waals surface area (Å²) in [6.07, 6.45) is 0.00768. The first kappa shape index (κ1) is 16.1. The molecule has 6 nitrogen and oxygen atoms in total. The largest absolute Gasteiger partial charge is 0.462 e. The molecular weight excluding hydrogens is 282 g/mol. The molecule has 20 heavy (non-hydrogen) atoms. The van der Waals surface area contributed by atoms with Gasteiger partial charge < -0.3 is 4.74 Å². The zero-order chi connectivity index (χ0) is 15.3. The summed E-state index contributed by atoms with van der Waals surface area (Å²) in [5.74, 6) is -0.817. The van der Waals surface area contributed by atoms with Crippen LogP contribution in [0.3, 0.4) is 0 Å². The Morgan fingerprint density at radius 2 is 1.80 bits per heavy atom. The highest BCUT2D eigenvalue weighted by molar-refractivity contribution is 7.89. The summed E-state index contributed by atoms with van der Waals surface area (Å²) in [4.78, 5) is 22.8. The van der Waals surface area contributed by atoms with Gasteiger partial charge in [0, 0.05) is 17.6 Å². The van der Waals surface area contributed by atoms with Crippen molar-refractivity contribution in [1.29, 1.82) is 0 Å². The zero-order valence-corrected chi connectivity index (χ0v) is 11.8. The number of carbonyl (C=O) groups is 2. The average molecular weight is 297 g/mol. The third kappa shape index (κ3) is 4.60. The molecule has 0 unspecified atom stereocenters. The Hall–Kier alpha value is -1.99. The molecule has 2 N–H and O–H groups in total. The van der Waals surface area contributed by atoms with E-state index in [-0.39, 0.29) is 29.3 Å². The van der Waals surface area contributed by atoms with E-state index in [2.05, 4.69) is 6.58 Å². The number of ether oxygens (including phenoxy) is 1. The fourth-order valence-corrected chi connectivity index (χ4v) is 1.85. The standard InChI is InChI=1S/C13H15NO5S/c1-9(2)13(16)19-8-7-12(15)10-3-5-11(6-4-10)20(14,17)18/h3-6H,1,7-8H2,2H3,(H2,14,17,18). The smallest absolute Gasteiger partial charge is 0.333 e. The van der Waals surface area contributed by atoms with Gasteiger partial charge in [-0.2, -0.15) is 0 Å². The van der Waals surface area contributed by atoms with Crippen LogP contribution >= 0.6 is 0 Å². The Morgan fingerprint density at radius 3 is 2.25 bits per heavy atom. The first-order valence-corrected chi connectivity index (χ1v) is 7.25. The Balaban J connectivity index is 2.61. The topological polar surface area (TPSA) is 104 Å². The third-order valence-electron chi connectivity index (χ3n) is 2.42. The molecule has 1 aromatic carbocycles. The van der Waals surface area contributed by atoms with E-state index < -0.39 is 16.0 Å². The molecule has 0 aliphatic heterocycles. The van der Waals surface area contributed by atoms with Crippen molar-refractivity contribution in [3.05, 3.63) is 42.0 Å². The van der Waals surface area contributed by atoms with Crippen molar-refractivity contribution in [1.82, 2.24) is 0 Å². The van der Waals surface area contributed by atoms with Gasteiger partial charge in [-0.1, -0.05) is 18.7 Å². The van der Waals surface area contributed by atoms with Crippen molar-refractivity contribution in [2.75, 3.05) is 6.61 Å².